The maximum Gasteiger partial charge on any atom is 0.338 e. The molecular weight excluding hydrogens is 392 g/mol. The zero-order chi connectivity index (χ0) is 21.6. The highest BCUT2D eigenvalue weighted by atomic mass is 35.5. The van der Waals surface area contributed by atoms with E-state index in [0.29, 0.717) is 40.1 Å². The Balaban J connectivity index is 2.20. The molecule has 152 valence electrons. The van der Waals surface area contributed by atoms with E-state index >= 15 is 0 Å². The monoisotopic (exact) mass is 414 g/mol. The third-order valence-corrected chi connectivity index (χ3v) is 4.35. The molecule has 1 heterocycles. The van der Waals surface area contributed by atoms with Crippen LogP contribution in [0.1, 0.15) is 42.4 Å². The molecule has 0 spiro atoms. The van der Waals surface area contributed by atoms with E-state index in [1.54, 1.807) is 42.8 Å². The smallest absolute Gasteiger partial charge is 0.338 e. The number of ether oxygens (including phenoxy) is 1. The van der Waals surface area contributed by atoms with Crippen molar-refractivity contribution in [3.05, 3.63) is 51.8 Å². The van der Waals surface area contributed by atoms with Crippen molar-refractivity contribution in [2.45, 2.75) is 34.2 Å². The van der Waals surface area contributed by atoms with Crippen LogP contribution in [0.25, 0.3) is 6.08 Å². The fourth-order valence-corrected chi connectivity index (χ4v) is 2.89. The van der Waals surface area contributed by atoms with Crippen LogP contribution < -0.4 is 5.32 Å². The maximum absolute atomic E-state index is 12.5. The topological polar surface area (TPSA) is 97.0 Å². The Hall–Kier alpha value is -3.11. The number of nitrogens with one attached hydrogen (secondary N) is 1. The minimum Gasteiger partial charge on any atom is -0.462 e. The van der Waals surface area contributed by atoms with Crippen LogP contribution in [0, 0.1) is 24.2 Å². The first-order valence-electron chi connectivity index (χ1n) is 9.20. The number of aryl methyl sites for hydroxylation is 1. The van der Waals surface area contributed by atoms with E-state index in [2.05, 4.69) is 10.4 Å². The lowest BCUT2D eigenvalue weighted by Gasteiger charge is -2.07. The Morgan fingerprint density at radius 2 is 2.00 bits per heavy atom. The van der Waals surface area contributed by atoms with Gasteiger partial charge in [0.2, 0.25) is 0 Å². The average molecular weight is 415 g/mol. The number of nitriles is 1. The van der Waals surface area contributed by atoms with Crippen LogP contribution in [0.4, 0.5) is 5.69 Å². The summed E-state index contributed by atoms with van der Waals surface area (Å²) in [6.45, 7) is 8.50. The number of carbonyl (C=O) groups excluding carboxylic acids is 2. The van der Waals surface area contributed by atoms with E-state index < -0.39 is 11.9 Å². The number of esters is 1. The second kappa shape index (κ2) is 9.89. The van der Waals surface area contributed by atoms with Gasteiger partial charge in [0.25, 0.3) is 5.91 Å². The van der Waals surface area contributed by atoms with E-state index in [0.717, 1.165) is 0 Å². The van der Waals surface area contributed by atoms with Crippen molar-refractivity contribution in [1.82, 2.24) is 9.78 Å². The van der Waals surface area contributed by atoms with Crippen LogP contribution >= 0.6 is 11.6 Å². The molecule has 0 unspecified atom stereocenters. The minimum absolute atomic E-state index is 0.103. The van der Waals surface area contributed by atoms with E-state index in [1.807, 2.05) is 19.9 Å². The lowest BCUT2D eigenvalue weighted by atomic mass is 10.1. The molecule has 0 aliphatic carbocycles. The summed E-state index contributed by atoms with van der Waals surface area (Å²) in [6, 6.07) is 8.12. The predicted molar refractivity (Wildman–Crippen MR) is 111 cm³/mol. The van der Waals surface area contributed by atoms with Gasteiger partial charge in [0.05, 0.1) is 17.9 Å². The van der Waals surface area contributed by atoms with Crippen LogP contribution in [0.2, 0.25) is 5.15 Å². The Morgan fingerprint density at radius 1 is 1.34 bits per heavy atom. The standard InChI is InChI=1S/C21H23ClN4O3/c1-5-29-21(28)15-6-8-17(9-7-15)24-20(27)16(11-23)10-18-14(4)25-26(19(18)22)12-13(2)3/h6-10,13H,5,12H2,1-4H3,(H,24,27)/b16-10+. The summed E-state index contributed by atoms with van der Waals surface area (Å²) in [5, 5.41) is 16.8. The van der Waals surface area contributed by atoms with E-state index in [1.165, 1.54) is 6.08 Å². The first-order valence-corrected chi connectivity index (χ1v) is 9.57. The van der Waals surface area contributed by atoms with Gasteiger partial charge in [-0.3, -0.25) is 9.48 Å². The normalized spacial score (nSPS) is 11.3. The van der Waals surface area contributed by atoms with Crippen LogP contribution in [-0.2, 0) is 16.1 Å². The molecule has 0 atom stereocenters. The number of anilines is 1. The number of benzene rings is 1. The van der Waals surface area contributed by atoms with Crippen molar-refractivity contribution in [3.63, 3.8) is 0 Å². The number of aromatic nitrogens is 2. The predicted octanol–water partition coefficient (Wildman–Crippen LogP) is 4.22. The highest BCUT2D eigenvalue weighted by Crippen LogP contribution is 2.24. The number of carbonyl (C=O) groups is 2. The summed E-state index contributed by atoms with van der Waals surface area (Å²) < 4.78 is 6.58. The molecule has 0 saturated heterocycles. The lowest BCUT2D eigenvalue weighted by molar-refractivity contribution is -0.112. The van der Waals surface area contributed by atoms with Gasteiger partial charge in [0.15, 0.2) is 0 Å². The summed E-state index contributed by atoms with van der Waals surface area (Å²) in [4.78, 5) is 24.2. The Bertz CT molecular complexity index is 969. The molecule has 1 amide bonds. The molecular formula is C21H23ClN4O3. The van der Waals surface area contributed by atoms with Gasteiger partial charge in [0.1, 0.15) is 16.8 Å². The van der Waals surface area contributed by atoms with E-state index in [4.69, 9.17) is 16.3 Å². The zero-order valence-electron chi connectivity index (χ0n) is 16.8. The van der Waals surface area contributed by atoms with Gasteiger partial charge < -0.3 is 10.1 Å². The van der Waals surface area contributed by atoms with Gasteiger partial charge in [-0.15, -0.1) is 0 Å². The molecule has 1 aromatic carbocycles. The highest BCUT2D eigenvalue weighted by Gasteiger charge is 2.16. The summed E-state index contributed by atoms with van der Waals surface area (Å²) in [5.74, 6) is -0.671. The number of rotatable bonds is 7. The van der Waals surface area contributed by atoms with E-state index in [-0.39, 0.29) is 12.2 Å². The molecule has 0 saturated carbocycles. The highest BCUT2D eigenvalue weighted by molar-refractivity contribution is 6.31. The molecule has 8 heteroatoms. The van der Waals surface area contributed by atoms with Crippen molar-refractivity contribution in [2.24, 2.45) is 5.92 Å². The third kappa shape index (κ3) is 5.69. The van der Waals surface area contributed by atoms with Gasteiger partial charge in [-0.1, -0.05) is 25.4 Å². The van der Waals surface area contributed by atoms with Crippen molar-refractivity contribution in [1.29, 1.82) is 5.26 Å². The number of hydrogen-bond donors (Lipinski definition) is 1. The van der Waals surface area contributed by atoms with Crippen molar-refractivity contribution in [3.8, 4) is 6.07 Å². The number of halogens is 1. The van der Waals surface area contributed by atoms with Crippen molar-refractivity contribution in [2.75, 3.05) is 11.9 Å². The van der Waals surface area contributed by atoms with Gasteiger partial charge in [0, 0.05) is 17.8 Å². The Labute approximate surface area is 174 Å². The SMILES string of the molecule is CCOC(=O)c1ccc(NC(=O)/C(C#N)=C/c2c(C)nn(CC(C)C)c2Cl)cc1. The molecule has 0 aliphatic rings. The zero-order valence-corrected chi connectivity index (χ0v) is 17.6. The molecule has 0 aliphatic heterocycles. The fourth-order valence-electron chi connectivity index (χ4n) is 2.59. The van der Waals surface area contributed by atoms with Gasteiger partial charge >= 0.3 is 5.97 Å². The number of hydrogen-bond acceptors (Lipinski definition) is 5. The molecule has 29 heavy (non-hydrogen) atoms. The van der Waals surface area contributed by atoms with Crippen LogP contribution in [0.15, 0.2) is 29.8 Å². The lowest BCUT2D eigenvalue weighted by Crippen LogP contribution is -2.13. The maximum atomic E-state index is 12.5. The number of nitrogens with zero attached hydrogens (tertiary/aromatic N) is 3. The fraction of sp³-hybridized carbons (Fsp3) is 0.333. The molecule has 7 nitrogen and oxygen atoms in total. The van der Waals surface area contributed by atoms with Crippen LogP contribution in [-0.4, -0.2) is 28.3 Å². The molecule has 0 bridgehead atoms. The van der Waals surface area contributed by atoms with Gasteiger partial charge in [-0.05, 0) is 50.1 Å². The summed E-state index contributed by atoms with van der Waals surface area (Å²) >= 11 is 6.38. The first-order chi connectivity index (χ1) is 13.8. The van der Waals surface area contributed by atoms with Crippen molar-refractivity contribution < 1.29 is 14.3 Å². The number of amides is 1. The molecule has 0 fully saturated rings. The van der Waals surface area contributed by atoms with Gasteiger partial charge in [-0.2, -0.15) is 10.4 Å². The van der Waals surface area contributed by atoms with Crippen molar-refractivity contribution >= 4 is 35.2 Å². The van der Waals surface area contributed by atoms with Crippen LogP contribution in [0.3, 0.4) is 0 Å². The molecule has 1 aromatic heterocycles. The Morgan fingerprint density at radius 3 is 2.55 bits per heavy atom. The quantitative estimate of drug-likeness (QED) is 0.415. The molecule has 1 N–H and O–H groups in total. The first kappa shape index (κ1) is 22.2. The van der Waals surface area contributed by atoms with Gasteiger partial charge in [-0.25, -0.2) is 4.79 Å². The molecule has 2 aromatic rings. The molecule has 0 radical (unpaired) electrons. The Kier molecular flexibility index (Phi) is 7.57. The molecule has 2 rings (SSSR count). The summed E-state index contributed by atoms with van der Waals surface area (Å²) in [7, 11) is 0. The largest absolute Gasteiger partial charge is 0.462 e. The van der Waals surface area contributed by atoms with E-state index in [9.17, 15) is 14.9 Å². The second-order valence-electron chi connectivity index (χ2n) is 6.79. The second-order valence-corrected chi connectivity index (χ2v) is 7.15. The minimum atomic E-state index is -0.580. The van der Waals surface area contributed by atoms with Crippen LogP contribution in [0.5, 0.6) is 0 Å². The third-order valence-electron chi connectivity index (χ3n) is 3.96. The average Bonchev–Trinajstić information content (AvgIpc) is 2.92. The summed E-state index contributed by atoms with van der Waals surface area (Å²) in [5.41, 5.74) is 1.89. The summed E-state index contributed by atoms with van der Waals surface area (Å²) in [6.07, 6.45) is 1.43.